The van der Waals surface area contributed by atoms with Crippen LogP contribution in [0.1, 0.15) is 27.0 Å². The lowest BCUT2D eigenvalue weighted by atomic mass is 10.0. The van der Waals surface area contributed by atoms with Crippen molar-refractivity contribution in [1.29, 1.82) is 0 Å². The number of nitrogens with one attached hydrogen (secondary N) is 2. The Balaban J connectivity index is 0.000000794. The molecule has 41 heavy (non-hydrogen) atoms. The van der Waals surface area contributed by atoms with Gasteiger partial charge in [-0.15, -0.1) is 0 Å². The molecule has 6 rings (SSSR count). The molecule has 0 spiro atoms. The van der Waals surface area contributed by atoms with E-state index in [1.54, 1.807) is 18.2 Å². The van der Waals surface area contributed by atoms with Gasteiger partial charge in [0, 0.05) is 33.6 Å². The molecule has 0 aliphatic carbocycles. The van der Waals surface area contributed by atoms with Crippen LogP contribution in [0.5, 0.6) is 0 Å². The second kappa shape index (κ2) is 11.0. The van der Waals surface area contributed by atoms with E-state index in [9.17, 15) is 14.4 Å². The third-order valence-corrected chi connectivity index (χ3v) is 7.01. The summed E-state index contributed by atoms with van der Waals surface area (Å²) >= 11 is 0. The molecule has 2 heterocycles. The molecule has 7 heteroatoms. The number of pyridine rings is 2. The zero-order valence-electron chi connectivity index (χ0n) is 24.2. The Kier molecular flexibility index (Phi) is 7.47. The number of benzene rings is 4. The summed E-state index contributed by atoms with van der Waals surface area (Å²) in [5.74, 6) is -0.394. The van der Waals surface area contributed by atoms with Crippen molar-refractivity contribution in [3.63, 3.8) is 0 Å². The van der Waals surface area contributed by atoms with Crippen LogP contribution in [0.3, 0.4) is 0 Å². The van der Waals surface area contributed by atoms with Crippen LogP contribution in [0, 0.1) is 13.8 Å². The maximum absolute atomic E-state index is 13.7. The molecule has 4 aromatic carbocycles. The van der Waals surface area contributed by atoms with Crippen LogP contribution in [-0.2, 0) is 11.3 Å². The van der Waals surface area contributed by atoms with Gasteiger partial charge >= 0.3 is 5.97 Å². The summed E-state index contributed by atoms with van der Waals surface area (Å²) in [7, 11) is 7.60. The number of aryl methyl sites for hydroxylation is 2. The Hall–Kier alpha value is -4.75. The van der Waals surface area contributed by atoms with Crippen LogP contribution in [0.25, 0.3) is 43.6 Å². The van der Waals surface area contributed by atoms with Gasteiger partial charge in [-0.1, -0.05) is 35.4 Å². The maximum atomic E-state index is 13.7. The van der Waals surface area contributed by atoms with E-state index in [-0.39, 0.29) is 10.9 Å². The first-order valence-corrected chi connectivity index (χ1v) is 13.5. The monoisotopic (exact) mass is 548 g/mol. The second-order valence-electron chi connectivity index (χ2n) is 11.0. The van der Waals surface area contributed by atoms with Crippen molar-refractivity contribution in [2.45, 2.75) is 20.4 Å². The number of H-pyrrole nitrogens is 1. The Morgan fingerprint density at radius 1 is 0.732 bits per heavy atom. The second-order valence-corrected chi connectivity index (χ2v) is 11.0. The van der Waals surface area contributed by atoms with E-state index in [2.05, 4.69) is 30.7 Å². The van der Waals surface area contributed by atoms with Gasteiger partial charge in [0.15, 0.2) is 10.9 Å². The van der Waals surface area contributed by atoms with Crippen molar-refractivity contribution in [3.05, 3.63) is 115 Å². The molecule has 7 nitrogen and oxygen atoms in total. The molecular formula is C34H34N3O4+. The van der Waals surface area contributed by atoms with Crippen LogP contribution < -0.4 is 15.8 Å². The third-order valence-electron chi connectivity index (χ3n) is 7.01. The van der Waals surface area contributed by atoms with Gasteiger partial charge in [0.1, 0.15) is 0 Å². The average molecular weight is 549 g/mol. The number of esters is 1. The molecular weight excluding hydrogens is 514 g/mol. The summed E-state index contributed by atoms with van der Waals surface area (Å²) in [6.07, 6.45) is 0. The van der Waals surface area contributed by atoms with Gasteiger partial charge in [0.05, 0.1) is 50.4 Å². The van der Waals surface area contributed by atoms with E-state index < -0.39 is 5.97 Å². The van der Waals surface area contributed by atoms with E-state index in [0.29, 0.717) is 44.7 Å². The van der Waals surface area contributed by atoms with Crippen molar-refractivity contribution >= 4 is 49.6 Å². The number of carbonyl (C=O) groups is 1. The zero-order chi connectivity index (χ0) is 29.4. The summed E-state index contributed by atoms with van der Waals surface area (Å²) in [5, 5.41) is 2.32. The standard InChI is InChI=1S/C31H24N2O4.C3H9N/c1-17-4-10-25-21(12-17)29(34)22-15-28-24(14-26(22)32-25)30(35)23-13-18(2)5-11-27(23)33(28)16-19-6-8-20(9-7-19)31(36)37-3;1-4(2)3/h4-15H,16H2,1-3H3,(H,32,34);1-3H3/p+1. The molecule has 6 aromatic rings. The Bertz CT molecular complexity index is 2070. The van der Waals surface area contributed by atoms with Gasteiger partial charge in [-0.05, 0) is 67.9 Å². The van der Waals surface area contributed by atoms with Crippen LogP contribution >= 0.6 is 0 Å². The highest BCUT2D eigenvalue weighted by Gasteiger charge is 2.16. The van der Waals surface area contributed by atoms with Crippen molar-refractivity contribution < 1.29 is 14.4 Å². The SMILES string of the molecule is COC(=O)c1ccc(Cn2c3ccc(C)cc3c(=O)c3cc4[nH]c5ccc(C)cc5c(=O)c4cc32)cc1.C[NH+](C)C. The Labute approximate surface area is 237 Å². The van der Waals surface area contributed by atoms with E-state index >= 15 is 0 Å². The van der Waals surface area contributed by atoms with Gasteiger partial charge < -0.3 is 19.2 Å². The van der Waals surface area contributed by atoms with Crippen LogP contribution in [0.15, 0.2) is 82.4 Å². The summed E-state index contributed by atoms with van der Waals surface area (Å²) in [5.41, 5.74) is 6.12. The van der Waals surface area contributed by atoms with Gasteiger partial charge in [0.2, 0.25) is 0 Å². The molecule has 0 fully saturated rings. The number of aromatic amines is 1. The summed E-state index contributed by atoms with van der Waals surface area (Å²) < 4.78 is 6.88. The molecule has 2 aromatic heterocycles. The number of methoxy groups -OCH3 is 1. The molecule has 0 radical (unpaired) electrons. The predicted octanol–water partition coefficient (Wildman–Crippen LogP) is 4.36. The predicted molar refractivity (Wildman–Crippen MR) is 166 cm³/mol. The van der Waals surface area contributed by atoms with Crippen LogP contribution in [0.4, 0.5) is 0 Å². The Morgan fingerprint density at radius 3 is 1.95 bits per heavy atom. The number of quaternary nitrogens is 1. The van der Waals surface area contributed by atoms with E-state index in [0.717, 1.165) is 27.7 Å². The largest absolute Gasteiger partial charge is 0.465 e. The maximum Gasteiger partial charge on any atom is 0.337 e. The van der Waals surface area contributed by atoms with Crippen molar-refractivity contribution in [2.24, 2.45) is 0 Å². The number of hydrogen-bond donors (Lipinski definition) is 2. The molecule has 0 bridgehead atoms. The first-order valence-electron chi connectivity index (χ1n) is 13.5. The molecule has 0 amide bonds. The highest BCUT2D eigenvalue weighted by molar-refractivity contribution is 6.03. The van der Waals surface area contributed by atoms with Crippen molar-refractivity contribution in [3.8, 4) is 0 Å². The minimum atomic E-state index is -0.394. The minimum absolute atomic E-state index is 0.0696. The number of aromatic nitrogens is 2. The highest BCUT2D eigenvalue weighted by Crippen LogP contribution is 2.26. The molecule has 0 saturated carbocycles. The zero-order valence-corrected chi connectivity index (χ0v) is 24.2. The number of carbonyl (C=O) groups excluding carboxylic acids is 1. The van der Waals surface area contributed by atoms with Gasteiger partial charge in [0.25, 0.3) is 0 Å². The fourth-order valence-corrected chi connectivity index (χ4v) is 5.09. The van der Waals surface area contributed by atoms with Crippen LogP contribution in [0.2, 0.25) is 0 Å². The number of rotatable bonds is 3. The average Bonchev–Trinajstić information content (AvgIpc) is 2.95. The van der Waals surface area contributed by atoms with Crippen LogP contribution in [-0.4, -0.2) is 43.8 Å². The molecule has 2 N–H and O–H groups in total. The van der Waals surface area contributed by atoms with E-state index in [1.807, 2.05) is 68.4 Å². The number of ether oxygens (including phenoxy) is 1. The summed E-state index contributed by atoms with van der Waals surface area (Å²) in [6.45, 7) is 4.37. The Morgan fingerprint density at radius 2 is 1.29 bits per heavy atom. The lowest BCUT2D eigenvalue weighted by Crippen LogP contribution is -3.02. The fraction of sp³-hybridized carbons (Fsp3) is 0.206. The summed E-state index contributed by atoms with van der Waals surface area (Å²) in [6, 6.07) is 22.4. The highest BCUT2D eigenvalue weighted by atomic mass is 16.5. The molecule has 0 unspecified atom stereocenters. The van der Waals surface area contributed by atoms with Gasteiger partial charge in [-0.25, -0.2) is 4.79 Å². The molecule has 0 atom stereocenters. The lowest BCUT2D eigenvalue weighted by molar-refractivity contribution is -0.836. The van der Waals surface area contributed by atoms with Gasteiger partial charge in [-0.3, -0.25) is 9.59 Å². The van der Waals surface area contributed by atoms with Crippen molar-refractivity contribution in [1.82, 2.24) is 9.55 Å². The van der Waals surface area contributed by atoms with Gasteiger partial charge in [-0.2, -0.15) is 0 Å². The number of hydrogen-bond acceptors (Lipinski definition) is 4. The quantitative estimate of drug-likeness (QED) is 0.254. The number of nitrogens with zero attached hydrogens (tertiary/aromatic N) is 1. The normalized spacial score (nSPS) is 11.3. The molecule has 208 valence electrons. The smallest absolute Gasteiger partial charge is 0.337 e. The number of fused-ring (bicyclic) bond motifs is 4. The van der Waals surface area contributed by atoms with E-state index in [1.165, 1.54) is 12.0 Å². The molecule has 0 aliphatic rings. The summed E-state index contributed by atoms with van der Waals surface area (Å²) in [4.78, 5) is 43.9. The first-order chi connectivity index (χ1) is 19.6. The minimum Gasteiger partial charge on any atom is -0.465 e. The third kappa shape index (κ3) is 5.36. The molecule has 0 saturated heterocycles. The lowest BCUT2D eigenvalue weighted by Gasteiger charge is -2.17. The molecule has 0 aliphatic heterocycles. The van der Waals surface area contributed by atoms with E-state index in [4.69, 9.17) is 4.74 Å². The topological polar surface area (TPSA) is 85.6 Å². The fourth-order valence-electron chi connectivity index (χ4n) is 5.09. The van der Waals surface area contributed by atoms with Crippen molar-refractivity contribution in [2.75, 3.05) is 28.3 Å². The first kappa shape index (κ1) is 27.8.